The number of carbonyl (C=O) groups excluding carboxylic acids is 4. The van der Waals surface area contributed by atoms with Gasteiger partial charge in [0.25, 0.3) is 0 Å². The summed E-state index contributed by atoms with van der Waals surface area (Å²) in [4.78, 5) is 72.0. The topological polar surface area (TPSA) is 237 Å². The molecule has 0 amide bonds. The molecule has 0 rings (SSSR count). The largest absolute Gasteiger partial charge is 0.472 e. The van der Waals surface area contributed by atoms with Crippen LogP contribution < -0.4 is 0 Å². The Balaban J connectivity index is 5.25. The van der Waals surface area contributed by atoms with Gasteiger partial charge in [0.1, 0.15) is 19.3 Å². The number of carbonyl (C=O) groups is 4. The number of rotatable bonds is 58. The van der Waals surface area contributed by atoms with Gasteiger partial charge >= 0.3 is 39.5 Å². The Morgan fingerprint density at radius 3 is 0.775 bits per heavy atom. The highest BCUT2D eigenvalue weighted by Crippen LogP contribution is 2.45. The molecule has 0 heterocycles. The minimum atomic E-state index is -4.94. The molecule has 0 saturated heterocycles. The van der Waals surface area contributed by atoms with Crippen LogP contribution in [0, 0.1) is 23.7 Å². The summed E-state index contributed by atoms with van der Waals surface area (Å²) < 4.78 is 67.8. The van der Waals surface area contributed by atoms with E-state index in [0.717, 1.165) is 109 Å². The van der Waals surface area contributed by atoms with E-state index < -0.39 is 97.5 Å². The highest BCUT2D eigenvalue weighted by Gasteiger charge is 2.30. The molecule has 0 aromatic carbocycles. The van der Waals surface area contributed by atoms with Crippen molar-refractivity contribution in [1.29, 1.82) is 0 Å². The van der Waals surface area contributed by atoms with Crippen LogP contribution in [-0.4, -0.2) is 96.7 Å². The minimum absolute atomic E-state index is 0.100. The summed E-state index contributed by atoms with van der Waals surface area (Å²) in [6.45, 7) is 13.8. The van der Waals surface area contributed by atoms with Gasteiger partial charge in [-0.1, -0.05) is 235 Å². The van der Waals surface area contributed by atoms with Crippen molar-refractivity contribution in [3.63, 3.8) is 0 Å². The summed E-state index contributed by atoms with van der Waals surface area (Å²) >= 11 is 0. The van der Waals surface area contributed by atoms with Gasteiger partial charge in [0, 0.05) is 25.7 Å². The van der Waals surface area contributed by atoms with E-state index in [2.05, 4.69) is 55.4 Å². The molecule has 80 heavy (non-hydrogen) atoms. The van der Waals surface area contributed by atoms with E-state index in [0.29, 0.717) is 43.4 Å². The molecule has 19 heteroatoms. The van der Waals surface area contributed by atoms with Crippen LogP contribution in [-0.2, 0) is 65.4 Å². The number of hydrogen-bond acceptors (Lipinski definition) is 15. The van der Waals surface area contributed by atoms with Gasteiger partial charge in [-0.15, -0.1) is 0 Å². The lowest BCUT2D eigenvalue weighted by molar-refractivity contribution is -0.161. The average molecular weight is 1190 g/mol. The lowest BCUT2D eigenvalue weighted by Gasteiger charge is -2.21. The Labute approximate surface area is 486 Å². The predicted octanol–water partition coefficient (Wildman–Crippen LogP) is 16.2. The molecule has 0 aliphatic carbocycles. The van der Waals surface area contributed by atoms with E-state index in [9.17, 15) is 43.2 Å². The van der Waals surface area contributed by atoms with Crippen LogP contribution >= 0.6 is 15.6 Å². The van der Waals surface area contributed by atoms with Crippen LogP contribution in [0.5, 0.6) is 0 Å². The SMILES string of the molecule is CC(C)CCCCCCCCCCC(=O)O[C@H](COC(=O)CCCCCCCCCC(C)C)COP(=O)(O)OCC(O)COP(=O)(O)OC[C@@H](COC(=O)CCCCCCCCCC(C)C)OC(=O)CCCCCCCCC(C)C. The molecule has 474 valence electrons. The van der Waals surface area contributed by atoms with Gasteiger partial charge in [0.05, 0.1) is 26.4 Å². The Bertz CT molecular complexity index is 1610. The number of aliphatic hydroxyl groups excluding tert-OH is 1. The van der Waals surface area contributed by atoms with Crippen LogP contribution in [0.15, 0.2) is 0 Å². The number of unbranched alkanes of at least 4 members (excludes halogenated alkanes) is 24. The monoisotopic (exact) mass is 1180 g/mol. The second-order valence-electron chi connectivity index (χ2n) is 24.0. The smallest absolute Gasteiger partial charge is 0.462 e. The average Bonchev–Trinajstić information content (AvgIpc) is 3.38. The molecule has 3 N–H and O–H groups in total. The molecule has 0 aliphatic rings. The summed E-state index contributed by atoms with van der Waals surface area (Å²) in [5.41, 5.74) is 0. The van der Waals surface area contributed by atoms with Gasteiger partial charge in [-0.05, 0) is 49.4 Å². The van der Waals surface area contributed by atoms with E-state index in [-0.39, 0.29) is 25.7 Å². The van der Waals surface area contributed by atoms with Gasteiger partial charge in [-0.3, -0.25) is 37.3 Å². The summed E-state index contributed by atoms with van der Waals surface area (Å²) in [7, 11) is -9.88. The van der Waals surface area contributed by atoms with Gasteiger partial charge in [-0.25, -0.2) is 9.13 Å². The zero-order chi connectivity index (χ0) is 59.7. The third-order valence-corrected chi connectivity index (χ3v) is 15.7. The van der Waals surface area contributed by atoms with E-state index in [1.165, 1.54) is 77.0 Å². The van der Waals surface area contributed by atoms with E-state index in [1.807, 2.05) is 0 Å². The minimum Gasteiger partial charge on any atom is -0.462 e. The zero-order valence-electron chi connectivity index (χ0n) is 51.7. The molecule has 3 unspecified atom stereocenters. The number of hydrogen-bond donors (Lipinski definition) is 3. The van der Waals surface area contributed by atoms with Crippen molar-refractivity contribution in [2.75, 3.05) is 39.6 Å². The van der Waals surface area contributed by atoms with Crippen molar-refractivity contribution in [2.24, 2.45) is 23.7 Å². The predicted molar refractivity (Wildman–Crippen MR) is 317 cm³/mol. The third kappa shape index (κ3) is 55.3. The van der Waals surface area contributed by atoms with Gasteiger partial charge < -0.3 is 33.8 Å². The lowest BCUT2D eigenvalue weighted by atomic mass is 10.0. The first-order chi connectivity index (χ1) is 38.1. The maximum absolute atomic E-state index is 12.9. The quantitative estimate of drug-likeness (QED) is 0.0222. The Kier molecular flexibility index (Phi) is 50.2. The second-order valence-corrected chi connectivity index (χ2v) is 26.9. The number of ether oxygens (including phenoxy) is 4. The second kappa shape index (κ2) is 51.5. The van der Waals surface area contributed by atoms with Crippen LogP contribution in [0.1, 0.15) is 287 Å². The van der Waals surface area contributed by atoms with Crippen LogP contribution in [0.4, 0.5) is 0 Å². The maximum Gasteiger partial charge on any atom is 0.472 e. The highest BCUT2D eigenvalue weighted by atomic mass is 31.2. The Morgan fingerprint density at radius 2 is 0.525 bits per heavy atom. The Hall–Kier alpha value is -1.94. The summed E-state index contributed by atoms with van der Waals surface area (Å²) in [6.07, 6.45) is 29.7. The van der Waals surface area contributed by atoms with Gasteiger partial charge in [0.15, 0.2) is 12.2 Å². The van der Waals surface area contributed by atoms with E-state index >= 15 is 0 Å². The number of phosphoric acid groups is 2. The molecule has 0 aliphatic heterocycles. The van der Waals surface area contributed by atoms with Crippen LogP contribution in [0.2, 0.25) is 0 Å². The first-order valence-electron chi connectivity index (χ1n) is 31.7. The number of phosphoric ester groups is 2. The molecule has 0 saturated carbocycles. The van der Waals surface area contributed by atoms with Crippen molar-refractivity contribution in [1.82, 2.24) is 0 Å². The molecule has 0 fully saturated rings. The molecule has 17 nitrogen and oxygen atoms in total. The molecular formula is C61H118O17P2. The van der Waals surface area contributed by atoms with Crippen molar-refractivity contribution in [3.8, 4) is 0 Å². The zero-order valence-corrected chi connectivity index (χ0v) is 53.5. The maximum atomic E-state index is 12.9. The van der Waals surface area contributed by atoms with Crippen molar-refractivity contribution >= 4 is 39.5 Å². The lowest BCUT2D eigenvalue weighted by Crippen LogP contribution is -2.30. The van der Waals surface area contributed by atoms with Crippen LogP contribution in [0.25, 0.3) is 0 Å². The fourth-order valence-electron chi connectivity index (χ4n) is 8.90. The fraction of sp³-hybridized carbons (Fsp3) is 0.934. The molecule has 0 aromatic heterocycles. The van der Waals surface area contributed by atoms with Crippen molar-refractivity contribution < 1.29 is 80.2 Å². The standard InChI is InChI=1S/C61H118O17P2/c1-51(2)37-29-21-13-9-10-16-27-35-43-60(65)77-56(47-71-58(63)41-33-25-17-11-14-22-30-38-52(3)4)49-75-79(67,68)73-45-55(62)46-74-80(69,70)76-50-57(78-61(66)44-36-28-20-19-24-32-40-54(7)8)48-72-59(64)42-34-26-18-12-15-23-31-39-53(5)6/h51-57,62H,9-50H2,1-8H3,(H,67,68)(H,69,70)/t55?,56-,57-/m1/s1. The summed E-state index contributed by atoms with van der Waals surface area (Å²) in [5.74, 6) is 0.648. The van der Waals surface area contributed by atoms with E-state index in [4.69, 9.17) is 37.0 Å². The first kappa shape index (κ1) is 78.1. The fourth-order valence-corrected chi connectivity index (χ4v) is 10.5. The molecule has 0 aromatic rings. The van der Waals surface area contributed by atoms with Gasteiger partial charge in [-0.2, -0.15) is 0 Å². The third-order valence-electron chi connectivity index (χ3n) is 13.8. The van der Waals surface area contributed by atoms with Crippen LogP contribution in [0.3, 0.4) is 0 Å². The highest BCUT2D eigenvalue weighted by molar-refractivity contribution is 7.47. The molecule has 0 bridgehead atoms. The molecule has 0 spiro atoms. The van der Waals surface area contributed by atoms with Gasteiger partial charge in [0.2, 0.25) is 0 Å². The molecule has 0 radical (unpaired) electrons. The normalized spacial score (nSPS) is 14.5. The van der Waals surface area contributed by atoms with E-state index in [1.54, 1.807) is 0 Å². The molecule has 5 atom stereocenters. The summed E-state index contributed by atoms with van der Waals surface area (Å²) in [5, 5.41) is 10.5. The van der Waals surface area contributed by atoms with Crippen molar-refractivity contribution in [3.05, 3.63) is 0 Å². The Morgan fingerprint density at radius 1 is 0.312 bits per heavy atom. The first-order valence-corrected chi connectivity index (χ1v) is 34.7. The molecular weight excluding hydrogens is 1070 g/mol. The number of aliphatic hydroxyl groups is 1. The number of esters is 4. The van der Waals surface area contributed by atoms with Crippen molar-refractivity contribution in [2.45, 2.75) is 305 Å². The summed E-state index contributed by atoms with van der Waals surface area (Å²) in [6, 6.07) is 0.